The quantitative estimate of drug-likeness (QED) is 0.702. The fourth-order valence-corrected chi connectivity index (χ4v) is 5.70. The van der Waals surface area contributed by atoms with E-state index in [1.165, 1.54) is 10.5 Å². The molecule has 5 nitrogen and oxygen atoms in total. The summed E-state index contributed by atoms with van der Waals surface area (Å²) in [4.78, 5) is 3.65. The van der Waals surface area contributed by atoms with Gasteiger partial charge >= 0.3 is 0 Å². The third-order valence-electron chi connectivity index (χ3n) is 5.04. The minimum atomic E-state index is -2.79. The van der Waals surface area contributed by atoms with E-state index in [0.717, 1.165) is 50.7 Å². The Kier molecular flexibility index (Phi) is 5.73. The van der Waals surface area contributed by atoms with Crippen molar-refractivity contribution in [2.75, 3.05) is 44.2 Å². The number of nitrogens with zero attached hydrogens (tertiary/aromatic N) is 1. The molecular formula is C17H26N3O2S2+. The Morgan fingerprint density at radius 1 is 1.25 bits per heavy atom. The number of quaternary nitrogens is 1. The van der Waals surface area contributed by atoms with Crippen molar-refractivity contribution in [2.45, 2.75) is 18.9 Å². The van der Waals surface area contributed by atoms with Gasteiger partial charge in [0, 0.05) is 13.0 Å². The lowest BCUT2D eigenvalue weighted by atomic mass is 10.1. The predicted octanol–water partition coefficient (Wildman–Crippen LogP) is -0.509. The van der Waals surface area contributed by atoms with Crippen molar-refractivity contribution >= 4 is 27.2 Å². The fraction of sp³-hybridized carbons (Fsp3) is 0.588. The minimum Gasteiger partial charge on any atom is -0.362 e. The second kappa shape index (κ2) is 7.80. The molecule has 0 spiro atoms. The van der Waals surface area contributed by atoms with Gasteiger partial charge in [0.2, 0.25) is 0 Å². The molecule has 2 heterocycles. The SMILES string of the molecule is O=S1(=O)CC[C@@H]([NH+]2CCN(C(=S)NCCc3ccccc3)CC2)C1. The molecule has 0 aliphatic carbocycles. The highest BCUT2D eigenvalue weighted by Crippen LogP contribution is 2.09. The third-order valence-corrected chi connectivity index (χ3v) is 7.21. The summed E-state index contributed by atoms with van der Waals surface area (Å²) in [5.41, 5.74) is 1.31. The van der Waals surface area contributed by atoms with Crippen LogP contribution < -0.4 is 10.2 Å². The molecule has 0 saturated carbocycles. The molecule has 2 N–H and O–H groups in total. The van der Waals surface area contributed by atoms with Gasteiger partial charge in [0.15, 0.2) is 14.9 Å². The molecule has 132 valence electrons. The molecule has 2 saturated heterocycles. The van der Waals surface area contributed by atoms with Crippen LogP contribution in [0.3, 0.4) is 0 Å². The van der Waals surface area contributed by atoms with E-state index in [-0.39, 0.29) is 6.04 Å². The van der Waals surface area contributed by atoms with E-state index < -0.39 is 9.84 Å². The smallest absolute Gasteiger partial charge is 0.169 e. The highest BCUT2D eigenvalue weighted by atomic mass is 32.2. The second-order valence-corrected chi connectivity index (χ2v) is 9.33. The Morgan fingerprint density at radius 2 is 1.96 bits per heavy atom. The summed E-state index contributed by atoms with van der Waals surface area (Å²) >= 11 is 5.51. The molecule has 2 fully saturated rings. The van der Waals surface area contributed by atoms with Gasteiger partial charge in [-0.1, -0.05) is 30.3 Å². The number of hydrogen-bond acceptors (Lipinski definition) is 3. The van der Waals surface area contributed by atoms with Crippen molar-refractivity contribution in [1.29, 1.82) is 0 Å². The molecular weight excluding hydrogens is 342 g/mol. The first kappa shape index (κ1) is 17.6. The van der Waals surface area contributed by atoms with Crippen LogP contribution in [-0.4, -0.2) is 68.7 Å². The van der Waals surface area contributed by atoms with Crippen molar-refractivity contribution in [3.05, 3.63) is 35.9 Å². The Hall–Kier alpha value is -1.18. The van der Waals surface area contributed by atoms with Crippen molar-refractivity contribution in [3.8, 4) is 0 Å². The first-order valence-corrected chi connectivity index (χ1v) is 10.9. The van der Waals surface area contributed by atoms with Crippen LogP contribution in [0, 0.1) is 0 Å². The lowest BCUT2D eigenvalue weighted by molar-refractivity contribution is -0.925. The van der Waals surface area contributed by atoms with Crippen molar-refractivity contribution in [3.63, 3.8) is 0 Å². The van der Waals surface area contributed by atoms with Crippen molar-refractivity contribution < 1.29 is 13.3 Å². The van der Waals surface area contributed by atoms with Gasteiger partial charge in [-0.3, -0.25) is 0 Å². The summed E-state index contributed by atoms with van der Waals surface area (Å²) in [5.74, 6) is 0.729. The number of thiocarbonyl (C=S) groups is 1. The Bertz CT molecular complexity index is 656. The van der Waals surface area contributed by atoms with E-state index in [4.69, 9.17) is 12.2 Å². The van der Waals surface area contributed by atoms with E-state index >= 15 is 0 Å². The molecule has 1 atom stereocenters. The normalized spacial score (nSPS) is 24.0. The van der Waals surface area contributed by atoms with Gasteiger partial charge in [0.1, 0.15) is 11.8 Å². The van der Waals surface area contributed by atoms with Gasteiger partial charge in [-0.25, -0.2) is 8.42 Å². The lowest BCUT2D eigenvalue weighted by Gasteiger charge is -2.36. The summed E-state index contributed by atoms with van der Waals surface area (Å²) < 4.78 is 23.3. The van der Waals surface area contributed by atoms with Crippen LogP contribution in [0.15, 0.2) is 30.3 Å². The number of rotatable bonds is 4. The van der Waals surface area contributed by atoms with E-state index in [1.807, 2.05) is 6.07 Å². The van der Waals surface area contributed by atoms with Crippen LogP contribution >= 0.6 is 12.2 Å². The second-order valence-electron chi connectivity index (χ2n) is 6.71. The molecule has 2 aliphatic heterocycles. The van der Waals surface area contributed by atoms with Gasteiger partial charge in [-0.05, 0) is 24.2 Å². The van der Waals surface area contributed by atoms with Crippen molar-refractivity contribution in [2.24, 2.45) is 0 Å². The maximum absolute atomic E-state index is 11.6. The molecule has 0 unspecified atom stereocenters. The van der Waals surface area contributed by atoms with Gasteiger partial charge in [-0.15, -0.1) is 0 Å². The molecule has 0 bridgehead atoms. The summed E-state index contributed by atoms with van der Waals surface area (Å²) in [5, 5.41) is 4.17. The van der Waals surface area contributed by atoms with Crippen LogP contribution in [0.1, 0.15) is 12.0 Å². The molecule has 2 aliphatic rings. The van der Waals surface area contributed by atoms with Crippen LogP contribution in [0.2, 0.25) is 0 Å². The van der Waals surface area contributed by atoms with E-state index in [9.17, 15) is 8.42 Å². The zero-order chi connectivity index (χ0) is 17.0. The number of piperazine rings is 1. The third kappa shape index (κ3) is 4.68. The summed E-state index contributed by atoms with van der Waals surface area (Å²) in [6.07, 6.45) is 1.78. The topological polar surface area (TPSA) is 53.9 Å². The molecule has 0 radical (unpaired) electrons. The van der Waals surface area contributed by atoms with E-state index in [2.05, 4.69) is 34.5 Å². The van der Waals surface area contributed by atoms with Gasteiger partial charge in [0.25, 0.3) is 0 Å². The lowest BCUT2D eigenvalue weighted by Crippen LogP contribution is -3.18. The van der Waals surface area contributed by atoms with Gasteiger partial charge in [-0.2, -0.15) is 0 Å². The first-order valence-electron chi connectivity index (χ1n) is 8.65. The molecule has 24 heavy (non-hydrogen) atoms. The van der Waals surface area contributed by atoms with E-state index in [1.54, 1.807) is 0 Å². The van der Waals surface area contributed by atoms with Gasteiger partial charge in [0.05, 0.1) is 31.9 Å². The highest BCUT2D eigenvalue weighted by molar-refractivity contribution is 7.91. The largest absolute Gasteiger partial charge is 0.362 e. The number of benzene rings is 1. The first-order chi connectivity index (χ1) is 11.5. The standard InChI is InChI=1S/C17H25N3O2S2/c21-24(22)13-7-16(14-24)19-9-11-20(12-10-19)17(23)18-8-6-15-4-2-1-3-5-15/h1-5,16H,6-14H2,(H,18,23)/p+1/t16-/m1/s1. The van der Waals surface area contributed by atoms with Crippen molar-refractivity contribution in [1.82, 2.24) is 10.2 Å². The summed E-state index contributed by atoms with van der Waals surface area (Å²) in [6.45, 7) is 4.60. The monoisotopic (exact) mass is 368 g/mol. The number of hydrogen-bond donors (Lipinski definition) is 2. The zero-order valence-corrected chi connectivity index (χ0v) is 15.5. The molecule has 3 rings (SSSR count). The van der Waals surface area contributed by atoms with Crippen LogP contribution in [0.5, 0.6) is 0 Å². The maximum Gasteiger partial charge on any atom is 0.169 e. The minimum absolute atomic E-state index is 0.289. The Labute approximate surface area is 149 Å². The average molecular weight is 369 g/mol. The number of sulfone groups is 1. The maximum atomic E-state index is 11.6. The number of nitrogens with one attached hydrogen (secondary N) is 2. The summed E-state index contributed by atoms with van der Waals surface area (Å²) in [6, 6.07) is 10.7. The van der Waals surface area contributed by atoms with Crippen LogP contribution in [0.4, 0.5) is 0 Å². The molecule has 7 heteroatoms. The van der Waals surface area contributed by atoms with Gasteiger partial charge < -0.3 is 15.1 Å². The highest BCUT2D eigenvalue weighted by Gasteiger charge is 2.37. The predicted molar refractivity (Wildman–Crippen MR) is 100 cm³/mol. The zero-order valence-electron chi connectivity index (χ0n) is 13.9. The molecule has 0 aromatic heterocycles. The fourth-order valence-electron chi connectivity index (χ4n) is 3.59. The molecule has 0 amide bonds. The molecule has 1 aromatic rings. The Morgan fingerprint density at radius 3 is 2.58 bits per heavy atom. The Balaban J connectivity index is 1.39. The van der Waals surface area contributed by atoms with Crippen LogP contribution in [-0.2, 0) is 16.3 Å². The van der Waals surface area contributed by atoms with E-state index in [0.29, 0.717) is 11.5 Å². The van der Waals surface area contributed by atoms with Crippen LogP contribution in [0.25, 0.3) is 0 Å². The summed E-state index contributed by atoms with van der Waals surface area (Å²) in [7, 11) is -2.79. The average Bonchev–Trinajstić information content (AvgIpc) is 2.96. The molecule has 1 aromatic carbocycles.